The predicted octanol–water partition coefficient (Wildman–Crippen LogP) is 8.36. The van der Waals surface area contributed by atoms with Crippen molar-refractivity contribution in [2.45, 2.75) is 129 Å². The predicted molar refractivity (Wildman–Crippen MR) is 129 cm³/mol. The molecule has 0 aromatic rings. The molecule has 172 valence electrons. The first-order chi connectivity index (χ1) is 13.6. The second kappa shape index (κ2) is 16.1. The van der Waals surface area contributed by atoms with Crippen LogP contribution in [0.3, 0.4) is 0 Å². The van der Waals surface area contributed by atoms with Crippen molar-refractivity contribution >= 4 is 14.3 Å². The lowest BCUT2D eigenvalue weighted by atomic mass is 10.0. The summed E-state index contributed by atoms with van der Waals surface area (Å²) in [5, 5.41) is 9.63. The molecule has 0 saturated heterocycles. The van der Waals surface area contributed by atoms with Crippen molar-refractivity contribution in [1.29, 1.82) is 0 Å². The third kappa shape index (κ3) is 14.9. The summed E-state index contributed by atoms with van der Waals surface area (Å²) in [6, 6.07) is 0. The van der Waals surface area contributed by atoms with E-state index in [0.29, 0.717) is 6.61 Å². The summed E-state index contributed by atoms with van der Waals surface area (Å²) in [6.07, 6.45) is 20.5. The van der Waals surface area contributed by atoms with E-state index in [1.807, 2.05) is 0 Å². The van der Waals surface area contributed by atoms with E-state index >= 15 is 0 Å². The number of carboxylic acid groups (broad SMARTS) is 1. The monoisotopic (exact) mass is 426 g/mol. The third-order valence-corrected chi connectivity index (χ3v) is 10.9. The minimum Gasteiger partial charge on any atom is -0.481 e. The van der Waals surface area contributed by atoms with Gasteiger partial charge in [-0.25, -0.2) is 0 Å². The molecule has 0 bridgehead atoms. The molecule has 1 unspecified atom stereocenters. The molecule has 0 radical (unpaired) electrons. The van der Waals surface area contributed by atoms with Gasteiger partial charge in [-0.05, 0) is 50.2 Å². The number of carboxylic acids is 1. The van der Waals surface area contributed by atoms with Crippen LogP contribution in [0, 0.1) is 5.92 Å². The van der Waals surface area contributed by atoms with Gasteiger partial charge in [-0.15, -0.1) is 0 Å². The van der Waals surface area contributed by atoms with Crippen molar-refractivity contribution < 1.29 is 14.3 Å². The van der Waals surface area contributed by atoms with E-state index in [-0.39, 0.29) is 11.0 Å². The lowest BCUT2D eigenvalue weighted by Crippen LogP contribution is -2.42. The van der Waals surface area contributed by atoms with Gasteiger partial charge in [0.2, 0.25) is 0 Å². The molecule has 0 fully saturated rings. The molecule has 0 aromatic heterocycles. The molecule has 0 amide bonds. The maximum atomic E-state index is 11.6. The minimum absolute atomic E-state index is 0.124. The first-order valence-corrected chi connectivity index (χ1v) is 15.0. The molecule has 29 heavy (non-hydrogen) atoms. The Morgan fingerprint density at radius 1 is 0.897 bits per heavy atom. The fraction of sp³-hybridized carbons (Fsp3) is 0.880. The van der Waals surface area contributed by atoms with Crippen LogP contribution in [-0.2, 0) is 9.22 Å². The normalized spacial score (nSPS) is 13.9. The number of carbonyl (C=O) groups is 1. The summed E-state index contributed by atoms with van der Waals surface area (Å²) in [4.78, 5) is 11.6. The molecule has 0 aliphatic carbocycles. The van der Waals surface area contributed by atoms with Gasteiger partial charge in [0.25, 0.3) is 0 Å². The van der Waals surface area contributed by atoms with E-state index in [0.717, 1.165) is 25.7 Å². The summed E-state index contributed by atoms with van der Waals surface area (Å²) >= 11 is 0. The Labute approximate surface area is 182 Å². The average molecular weight is 427 g/mol. The Balaban J connectivity index is 3.77. The molecule has 0 aliphatic rings. The molecule has 1 N–H and O–H groups in total. The zero-order valence-corrected chi connectivity index (χ0v) is 21.4. The number of rotatable bonds is 18. The molecule has 0 saturated carbocycles. The van der Waals surface area contributed by atoms with Gasteiger partial charge >= 0.3 is 5.97 Å². The zero-order chi connectivity index (χ0) is 22.2. The van der Waals surface area contributed by atoms with Gasteiger partial charge in [0.15, 0.2) is 8.32 Å². The first kappa shape index (κ1) is 28.4. The Morgan fingerprint density at radius 2 is 1.38 bits per heavy atom. The van der Waals surface area contributed by atoms with Gasteiger partial charge in [-0.3, -0.25) is 4.79 Å². The highest BCUT2D eigenvalue weighted by Gasteiger charge is 2.38. The van der Waals surface area contributed by atoms with Crippen molar-refractivity contribution in [3.8, 4) is 0 Å². The summed E-state index contributed by atoms with van der Waals surface area (Å²) in [7, 11) is -1.87. The molecule has 4 heteroatoms. The summed E-state index contributed by atoms with van der Waals surface area (Å²) in [5.74, 6) is -1.07. The molecular formula is C25H50O3Si. The summed E-state index contributed by atoms with van der Waals surface area (Å²) in [5.41, 5.74) is 0. The van der Waals surface area contributed by atoms with Gasteiger partial charge in [0.1, 0.15) is 0 Å². The Hall–Kier alpha value is -0.613. The largest absolute Gasteiger partial charge is 0.481 e. The van der Waals surface area contributed by atoms with E-state index in [1.54, 1.807) is 0 Å². The smallest absolute Gasteiger partial charge is 0.308 e. The molecule has 0 heterocycles. The Bertz CT molecular complexity index is 438. The topological polar surface area (TPSA) is 46.5 Å². The van der Waals surface area contributed by atoms with Crippen LogP contribution in [0.5, 0.6) is 0 Å². The van der Waals surface area contributed by atoms with Crippen LogP contribution in [-0.4, -0.2) is 26.0 Å². The van der Waals surface area contributed by atoms with E-state index in [2.05, 4.69) is 52.9 Å². The Morgan fingerprint density at radius 3 is 1.86 bits per heavy atom. The second-order valence-electron chi connectivity index (χ2n) is 10.1. The Kier molecular flexibility index (Phi) is 15.8. The number of hydrogen-bond donors (Lipinski definition) is 1. The van der Waals surface area contributed by atoms with E-state index in [1.165, 1.54) is 57.8 Å². The lowest BCUT2D eigenvalue weighted by Gasteiger charge is -2.36. The van der Waals surface area contributed by atoms with Crippen LogP contribution in [0.15, 0.2) is 12.2 Å². The SMILES string of the molecule is CCCCCCCC/C=C\CCCCCCC(CO[Si](C)(C)C(C)(C)C)C(=O)O. The number of aliphatic carboxylic acids is 1. The van der Waals surface area contributed by atoms with Gasteiger partial charge in [0.05, 0.1) is 5.92 Å². The highest BCUT2D eigenvalue weighted by Crippen LogP contribution is 2.37. The van der Waals surface area contributed by atoms with Gasteiger partial charge in [-0.1, -0.05) is 91.2 Å². The van der Waals surface area contributed by atoms with Crippen LogP contribution in [0.25, 0.3) is 0 Å². The number of hydrogen-bond acceptors (Lipinski definition) is 2. The molecule has 1 atom stereocenters. The van der Waals surface area contributed by atoms with E-state index in [4.69, 9.17) is 4.43 Å². The number of unbranched alkanes of at least 4 members (excludes halogenated alkanes) is 10. The van der Waals surface area contributed by atoms with Gasteiger partial charge < -0.3 is 9.53 Å². The summed E-state index contributed by atoms with van der Waals surface area (Å²) in [6.45, 7) is 13.6. The standard InChI is InChI=1S/C25H50O3Si/c1-7-8-9-10-11-12-13-14-15-16-17-18-19-20-21-23(24(26)27)22-28-29(5,6)25(2,3)4/h14-15,23H,7-13,16-22H2,1-6H3,(H,26,27)/b15-14-. The van der Waals surface area contributed by atoms with Gasteiger partial charge in [0, 0.05) is 6.61 Å². The first-order valence-electron chi connectivity index (χ1n) is 12.1. The van der Waals surface area contributed by atoms with Crippen molar-refractivity contribution in [2.75, 3.05) is 6.61 Å². The van der Waals surface area contributed by atoms with Crippen molar-refractivity contribution in [3.05, 3.63) is 12.2 Å². The maximum Gasteiger partial charge on any atom is 0.308 e. The molecule has 0 spiro atoms. The van der Waals surface area contributed by atoms with Crippen LogP contribution >= 0.6 is 0 Å². The third-order valence-electron chi connectivity index (χ3n) is 6.37. The van der Waals surface area contributed by atoms with Gasteiger partial charge in [-0.2, -0.15) is 0 Å². The molecule has 3 nitrogen and oxygen atoms in total. The zero-order valence-electron chi connectivity index (χ0n) is 20.4. The number of allylic oxidation sites excluding steroid dienone is 2. The van der Waals surface area contributed by atoms with Crippen molar-refractivity contribution in [3.63, 3.8) is 0 Å². The van der Waals surface area contributed by atoms with Crippen molar-refractivity contribution in [2.24, 2.45) is 5.92 Å². The molecule has 0 aliphatic heterocycles. The van der Waals surface area contributed by atoms with Crippen molar-refractivity contribution in [1.82, 2.24) is 0 Å². The van der Waals surface area contributed by atoms with E-state index in [9.17, 15) is 9.90 Å². The lowest BCUT2D eigenvalue weighted by molar-refractivity contribution is -0.143. The highest BCUT2D eigenvalue weighted by atomic mass is 28.4. The van der Waals surface area contributed by atoms with Crippen LogP contribution in [0.1, 0.15) is 111 Å². The highest BCUT2D eigenvalue weighted by molar-refractivity contribution is 6.74. The van der Waals surface area contributed by atoms with Crippen LogP contribution in [0.4, 0.5) is 0 Å². The molecule has 0 aromatic carbocycles. The minimum atomic E-state index is -1.87. The van der Waals surface area contributed by atoms with Crippen LogP contribution < -0.4 is 0 Å². The quantitative estimate of drug-likeness (QED) is 0.136. The fourth-order valence-electron chi connectivity index (χ4n) is 3.09. The molecule has 0 rings (SSSR count). The maximum absolute atomic E-state index is 11.6. The average Bonchev–Trinajstić information content (AvgIpc) is 2.63. The second-order valence-corrected chi connectivity index (χ2v) is 14.9. The fourth-order valence-corrected chi connectivity index (χ4v) is 4.14. The van der Waals surface area contributed by atoms with Crippen LogP contribution in [0.2, 0.25) is 18.1 Å². The molecular weight excluding hydrogens is 376 g/mol. The summed E-state index contributed by atoms with van der Waals surface area (Å²) < 4.78 is 6.14. The van der Waals surface area contributed by atoms with E-state index < -0.39 is 14.3 Å².